The third-order valence-corrected chi connectivity index (χ3v) is 9.05. The van der Waals surface area contributed by atoms with Gasteiger partial charge in [0.25, 0.3) is 11.5 Å². The Morgan fingerprint density at radius 1 is 1.10 bits per heavy atom. The number of hydrogen-bond acceptors (Lipinski definition) is 6. The number of nitrogens with zero attached hydrogens (tertiary/aromatic N) is 2. The summed E-state index contributed by atoms with van der Waals surface area (Å²) < 4.78 is 15.5. The van der Waals surface area contributed by atoms with Crippen LogP contribution in [0.25, 0.3) is 6.08 Å². The van der Waals surface area contributed by atoms with Gasteiger partial charge >= 0.3 is 0 Å². The fourth-order valence-electron chi connectivity index (χ4n) is 4.65. The number of thiazole rings is 1. The first kappa shape index (κ1) is 30.2. The fourth-order valence-corrected chi connectivity index (χ4v) is 7.83. The minimum atomic E-state index is -0.669. The van der Waals surface area contributed by atoms with Gasteiger partial charge in [0.2, 0.25) is 0 Å². The van der Waals surface area contributed by atoms with E-state index in [0.717, 1.165) is 29.8 Å². The van der Waals surface area contributed by atoms with Crippen molar-refractivity contribution < 1.29 is 14.3 Å². The molecule has 7 nitrogen and oxygen atoms in total. The Labute approximate surface area is 274 Å². The monoisotopic (exact) mass is 803 g/mol. The Bertz CT molecular complexity index is 1840. The van der Waals surface area contributed by atoms with Gasteiger partial charge in [-0.05, 0) is 113 Å². The number of hydrogen-bond donors (Lipinski definition) is 1. The molecule has 1 aromatic heterocycles. The van der Waals surface area contributed by atoms with E-state index in [2.05, 4.69) is 57.1 Å². The van der Waals surface area contributed by atoms with Crippen LogP contribution in [-0.4, -0.2) is 23.7 Å². The highest BCUT2D eigenvalue weighted by Gasteiger charge is 2.32. The SMILES string of the molecule is C=CCOc1c(I)cc(/C=c2\sc3n(c2=O)C(c2ccc(OCC)cc2)C(C(=O)Nc2ccccc2)=C(C)N=3)cc1I. The first-order valence-electron chi connectivity index (χ1n) is 13.1. The normalized spacial score (nSPS) is 14.7. The highest BCUT2D eigenvalue weighted by atomic mass is 127. The van der Waals surface area contributed by atoms with E-state index < -0.39 is 6.04 Å². The van der Waals surface area contributed by atoms with Crippen LogP contribution in [0.1, 0.15) is 31.0 Å². The standard InChI is InChI=1S/C32H27I2N3O4S/c1-4-15-41-29-24(33)16-20(17-25(29)34)18-26-31(39)37-28(21-11-13-23(14-12-21)40-5-2)27(19(3)35-32(37)42-26)30(38)36-22-9-7-6-8-10-22/h4,6-14,16-18,28H,1,5,15H2,2-3H3,(H,36,38)/b26-18-. The van der Waals surface area contributed by atoms with Crippen molar-refractivity contribution in [3.63, 3.8) is 0 Å². The van der Waals surface area contributed by atoms with Crippen molar-refractivity contribution in [3.8, 4) is 11.5 Å². The molecule has 4 aromatic rings. The maximum Gasteiger partial charge on any atom is 0.271 e. The number of aromatic nitrogens is 1. The molecule has 1 unspecified atom stereocenters. The Morgan fingerprint density at radius 2 is 1.79 bits per heavy atom. The van der Waals surface area contributed by atoms with Crippen molar-refractivity contribution in [1.29, 1.82) is 0 Å². The van der Waals surface area contributed by atoms with Crippen LogP contribution < -0.4 is 29.7 Å². The second-order valence-electron chi connectivity index (χ2n) is 9.32. The molecule has 214 valence electrons. The van der Waals surface area contributed by atoms with E-state index in [1.165, 1.54) is 11.3 Å². The molecule has 10 heteroatoms. The van der Waals surface area contributed by atoms with E-state index in [4.69, 9.17) is 14.5 Å². The highest BCUT2D eigenvalue weighted by molar-refractivity contribution is 14.1. The molecule has 0 saturated carbocycles. The predicted octanol–water partition coefficient (Wildman–Crippen LogP) is 6.05. The fraction of sp³-hybridized carbons (Fsp3) is 0.156. The summed E-state index contributed by atoms with van der Waals surface area (Å²) in [5.41, 5.74) is 3.07. The lowest BCUT2D eigenvalue weighted by molar-refractivity contribution is -0.113. The van der Waals surface area contributed by atoms with Crippen LogP contribution in [0.2, 0.25) is 0 Å². The number of allylic oxidation sites excluding steroid dienone is 1. The third-order valence-electron chi connectivity index (χ3n) is 6.47. The smallest absolute Gasteiger partial charge is 0.271 e. The summed E-state index contributed by atoms with van der Waals surface area (Å²) in [4.78, 5) is 33.1. The van der Waals surface area contributed by atoms with Crippen molar-refractivity contribution >= 4 is 74.2 Å². The Kier molecular flexibility index (Phi) is 9.63. The molecule has 0 fully saturated rings. The molecule has 2 heterocycles. The number of fused-ring (bicyclic) bond motifs is 1. The first-order valence-corrected chi connectivity index (χ1v) is 16.1. The summed E-state index contributed by atoms with van der Waals surface area (Å²) in [7, 11) is 0. The number of para-hydroxylation sites is 1. The number of carbonyl (C=O) groups excluding carboxylic acids is 1. The van der Waals surface area contributed by atoms with E-state index in [-0.39, 0.29) is 11.5 Å². The van der Waals surface area contributed by atoms with E-state index in [9.17, 15) is 9.59 Å². The van der Waals surface area contributed by atoms with Crippen molar-refractivity contribution in [3.05, 3.63) is 129 Å². The molecule has 3 aromatic carbocycles. The van der Waals surface area contributed by atoms with Gasteiger partial charge in [-0.25, -0.2) is 4.99 Å². The third kappa shape index (κ3) is 6.40. The molecule has 1 aliphatic rings. The van der Waals surface area contributed by atoms with Gasteiger partial charge in [0.15, 0.2) is 4.80 Å². The molecule has 42 heavy (non-hydrogen) atoms. The molecule has 0 spiro atoms. The Morgan fingerprint density at radius 3 is 2.43 bits per heavy atom. The van der Waals surface area contributed by atoms with Gasteiger partial charge in [-0.3, -0.25) is 14.2 Å². The molecule has 0 bridgehead atoms. The number of rotatable bonds is 9. The van der Waals surface area contributed by atoms with Crippen LogP contribution in [0.3, 0.4) is 0 Å². The number of nitrogens with one attached hydrogen (secondary N) is 1. The topological polar surface area (TPSA) is 81.9 Å². The summed E-state index contributed by atoms with van der Waals surface area (Å²) in [6.45, 7) is 8.40. The number of anilines is 1. The van der Waals surface area contributed by atoms with Crippen LogP contribution in [0.15, 0.2) is 100 Å². The van der Waals surface area contributed by atoms with Gasteiger partial charge < -0.3 is 14.8 Å². The van der Waals surface area contributed by atoms with Gasteiger partial charge in [0.1, 0.15) is 18.1 Å². The molecular formula is C32H27I2N3O4S. The van der Waals surface area contributed by atoms with Crippen molar-refractivity contribution in [2.75, 3.05) is 18.5 Å². The number of halogens is 2. The maximum absolute atomic E-state index is 14.0. The van der Waals surface area contributed by atoms with Crippen molar-refractivity contribution in [2.45, 2.75) is 19.9 Å². The van der Waals surface area contributed by atoms with Crippen LogP contribution in [0.5, 0.6) is 11.5 Å². The average molecular weight is 803 g/mol. The zero-order chi connectivity index (χ0) is 29.8. The van der Waals surface area contributed by atoms with E-state index in [1.807, 2.05) is 86.7 Å². The lowest BCUT2D eigenvalue weighted by Gasteiger charge is -2.25. The largest absolute Gasteiger partial charge is 0.494 e. The zero-order valence-electron chi connectivity index (χ0n) is 22.9. The van der Waals surface area contributed by atoms with Crippen molar-refractivity contribution in [1.82, 2.24) is 4.57 Å². The van der Waals surface area contributed by atoms with Gasteiger partial charge in [0.05, 0.1) is 35.6 Å². The van der Waals surface area contributed by atoms with E-state index >= 15 is 0 Å². The molecule has 5 rings (SSSR count). The average Bonchev–Trinajstić information content (AvgIpc) is 3.27. The van der Waals surface area contributed by atoms with Crippen LogP contribution in [0.4, 0.5) is 5.69 Å². The van der Waals surface area contributed by atoms with Crippen LogP contribution in [0, 0.1) is 7.14 Å². The molecule has 1 atom stereocenters. The number of benzene rings is 3. The maximum atomic E-state index is 14.0. The lowest BCUT2D eigenvalue weighted by Crippen LogP contribution is -2.40. The summed E-state index contributed by atoms with van der Waals surface area (Å²) >= 11 is 5.78. The van der Waals surface area contributed by atoms with Gasteiger partial charge in [0, 0.05) is 5.69 Å². The minimum absolute atomic E-state index is 0.216. The molecule has 1 aliphatic heterocycles. The quantitative estimate of drug-likeness (QED) is 0.165. The van der Waals surface area contributed by atoms with E-state index in [0.29, 0.717) is 39.5 Å². The molecular weight excluding hydrogens is 776 g/mol. The summed E-state index contributed by atoms with van der Waals surface area (Å²) in [5.74, 6) is 1.19. The van der Waals surface area contributed by atoms with Gasteiger partial charge in [-0.2, -0.15) is 0 Å². The Hall–Kier alpha value is -3.23. The summed E-state index contributed by atoms with van der Waals surface area (Å²) in [6.07, 6.45) is 3.57. The molecule has 1 amide bonds. The van der Waals surface area contributed by atoms with Gasteiger partial charge in [-0.15, -0.1) is 0 Å². The number of amides is 1. The minimum Gasteiger partial charge on any atom is -0.494 e. The lowest BCUT2D eigenvalue weighted by atomic mass is 9.95. The van der Waals surface area contributed by atoms with E-state index in [1.54, 1.807) is 10.6 Å². The van der Waals surface area contributed by atoms with Gasteiger partial charge in [-0.1, -0.05) is 54.3 Å². The summed E-state index contributed by atoms with van der Waals surface area (Å²) in [5, 5.41) is 2.98. The number of carbonyl (C=O) groups is 1. The zero-order valence-corrected chi connectivity index (χ0v) is 28.0. The predicted molar refractivity (Wildman–Crippen MR) is 184 cm³/mol. The molecule has 0 saturated heterocycles. The first-order chi connectivity index (χ1) is 20.3. The van der Waals surface area contributed by atoms with Crippen molar-refractivity contribution in [2.24, 2.45) is 4.99 Å². The molecule has 0 aliphatic carbocycles. The second-order valence-corrected chi connectivity index (χ2v) is 12.7. The highest BCUT2D eigenvalue weighted by Crippen LogP contribution is 2.32. The second kappa shape index (κ2) is 13.4. The summed E-state index contributed by atoms with van der Waals surface area (Å²) in [6, 6.07) is 20.1. The molecule has 1 N–H and O–H groups in total. The van der Waals surface area contributed by atoms with Crippen LogP contribution in [-0.2, 0) is 4.79 Å². The van der Waals surface area contributed by atoms with Crippen LogP contribution >= 0.6 is 56.5 Å². The number of ether oxygens (including phenoxy) is 2. The Balaban J connectivity index is 1.63. The molecule has 0 radical (unpaired) electrons.